The number of fused-ring (bicyclic) bond motifs is 1. The zero-order valence-electron chi connectivity index (χ0n) is 10.3. The first-order valence-corrected chi connectivity index (χ1v) is 6.81. The lowest BCUT2D eigenvalue weighted by Gasteiger charge is -2.11. The Labute approximate surface area is 126 Å². The van der Waals surface area contributed by atoms with E-state index < -0.39 is 17.3 Å². The normalized spacial score (nSPS) is 10.9. The van der Waals surface area contributed by atoms with Crippen LogP contribution in [0.1, 0.15) is 10.4 Å². The quantitative estimate of drug-likeness (QED) is 0.738. The molecule has 3 N–H and O–H groups in total. The van der Waals surface area contributed by atoms with Gasteiger partial charge in [-0.05, 0) is 29.7 Å². The van der Waals surface area contributed by atoms with Gasteiger partial charge in [-0.2, -0.15) is 0 Å². The zero-order valence-corrected chi connectivity index (χ0v) is 11.9. The summed E-state index contributed by atoms with van der Waals surface area (Å²) < 4.78 is 4.71. The lowest BCUT2D eigenvalue weighted by Crippen LogP contribution is -2.23. The van der Waals surface area contributed by atoms with E-state index in [4.69, 9.17) is 17.3 Å². The van der Waals surface area contributed by atoms with E-state index in [2.05, 4.69) is 9.59 Å². The van der Waals surface area contributed by atoms with Crippen molar-refractivity contribution >= 4 is 39.3 Å². The second kappa shape index (κ2) is 4.83. The van der Waals surface area contributed by atoms with Gasteiger partial charge in [0.05, 0.1) is 10.4 Å². The number of rotatable bonds is 2. The topological polar surface area (TPSA) is 111 Å². The summed E-state index contributed by atoms with van der Waals surface area (Å²) in [6.07, 6.45) is 0. The predicted molar refractivity (Wildman–Crippen MR) is 78.2 cm³/mol. The van der Waals surface area contributed by atoms with Crippen LogP contribution in [0.15, 0.2) is 29.1 Å². The van der Waals surface area contributed by atoms with Gasteiger partial charge in [0.1, 0.15) is 5.56 Å². The van der Waals surface area contributed by atoms with E-state index in [-0.39, 0.29) is 15.8 Å². The van der Waals surface area contributed by atoms with E-state index >= 15 is 0 Å². The molecule has 3 rings (SSSR count). The molecule has 21 heavy (non-hydrogen) atoms. The number of hydrogen-bond donors (Lipinski definition) is 2. The summed E-state index contributed by atoms with van der Waals surface area (Å²) >= 11 is 6.70. The number of amides is 1. The molecule has 0 saturated heterocycles. The molecule has 2 aromatic heterocycles. The summed E-state index contributed by atoms with van der Waals surface area (Å²) in [7, 11) is 0. The average molecular weight is 323 g/mol. The zero-order chi connectivity index (χ0) is 15.1. The molecule has 106 valence electrons. The minimum absolute atomic E-state index is 0.0356. The summed E-state index contributed by atoms with van der Waals surface area (Å²) in [6, 6.07) is 6.25. The number of benzene rings is 1. The van der Waals surface area contributed by atoms with E-state index in [0.717, 1.165) is 16.1 Å². The Balaban J connectivity index is 2.48. The second-order valence-corrected chi connectivity index (χ2v) is 5.32. The third kappa shape index (κ3) is 2.05. The average Bonchev–Trinajstić information content (AvgIpc) is 2.87. The SMILES string of the molecule is NC(=O)c1c(O)n(-c2cccc(Cl)c2)c(=O)c2nnsc12. The Bertz CT molecular complexity index is 934. The van der Waals surface area contributed by atoms with Crippen LogP contribution >= 0.6 is 23.1 Å². The summed E-state index contributed by atoms with van der Waals surface area (Å²) in [4.78, 5) is 24.0. The van der Waals surface area contributed by atoms with Crippen molar-refractivity contribution in [1.29, 1.82) is 0 Å². The number of pyridine rings is 1. The van der Waals surface area contributed by atoms with Crippen LogP contribution in [0.2, 0.25) is 5.02 Å². The van der Waals surface area contributed by atoms with Crippen LogP contribution in [-0.2, 0) is 0 Å². The van der Waals surface area contributed by atoms with Gasteiger partial charge in [-0.15, -0.1) is 5.10 Å². The Hall–Kier alpha value is -2.45. The largest absolute Gasteiger partial charge is 0.494 e. The molecule has 2 heterocycles. The highest BCUT2D eigenvalue weighted by Crippen LogP contribution is 2.28. The molecule has 0 unspecified atom stereocenters. The number of nitrogens with two attached hydrogens (primary N) is 1. The maximum absolute atomic E-state index is 12.4. The van der Waals surface area contributed by atoms with Crippen LogP contribution < -0.4 is 11.3 Å². The molecule has 1 aromatic carbocycles. The van der Waals surface area contributed by atoms with Gasteiger partial charge in [0.25, 0.3) is 11.5 Å². The van der Waals surface area contributed by atoms with Gasteiger partial charge in [-0.25, -0.2) is 4.57 Å². The highest BCUT2D eigenvalue weighted by molar-refractivity contribution is 7.13. The summed E-state index contributed by atoms with van der Waals surface area (Å²) in [5.74, 6) is -1.44. The molecule has 0 saturated carbocycles. The van der Waals surface area contributed by atoms with Gasteiger partial charge in [-0.1, -0.05) is 22.2 Å². The van der Waals surface area contributed by atoms with Crippen LogP contribution in [0.25, 0.3) is 15.9 Å². The van der Waals surface area contributed by atoms with Crippen molar-refractivity contribution in [3.05, 3.63) is 45.2 Å². The Morgan fingerprint density at radius 1 is 1.43 bits per heavy atom. The van der Waals surface area contributed by atoms with Gasteiger partial charge in [0.15, 0.2) is 5.52 Å². The van der Waals surface area contributed by atoms with Crippen LogP contribution in [0.4, 0.5) is 0 Å². The van der Waals surface area contributed by atoms with Crippen LogP contribution in [-0.4, -0.2) is 25.2 Å². The van der Waals surface area contributed by atoms with Crippen LogP contribution in [0.3, 0.4) is 0 Å². The molecule has 0 radical (unpaired) electrons. The molecular weight excluding hydrogens is 316 g/mol. The molecule has 0 atom stereocenters. The molecule has 0 fully saturated rings. The fourth-order valence-corrected chi connectivity index (χ4v) is 2.87. The number of nitrogens with zero attached hydrogens (tertiary/aromatic N) is 3. The summed E-state index contributed by atoms with van der Waals surface area (Å²) in [6.45, 7) is 0. The Kier molecular flexibility index (Phi) is 3.11. The maximum Gasteiger partial charge on any atom is 0.287 e. The number of halogens is 1. The summed E-state index contributed by atoms with van der Waals surface area (Å²) in [5.41, 5.74) is 4.73. The monoisotopic (exact) mass is 322 g/mol. The first-order chi connectivity index (χ1) is 10.0. The third-order valence-corrected chi connectivity index (χ3v) is 3.85. The second-order valence-electron chi connectivity index (χ2n) is 4.13. The molecule has 1 amide bonds. The fourth-order valence-electron chi connectivity index (χ4n) is 1.99. The van der Waals surface area contributed by atoms with Crippen LogP contribution in [0.5, 0.6) is 5.88 Å². The first-order valence-electron chi connectivity index (χ1n) is 5.66. The van der Waals surface area contributed by atoms with Crippen molar-refractivity contribution in [3.8, 4) is 11.6 Å². The van der Waals surface area contributed by atoms with Gasteiger partial charge in [0.2, 0.25) is 5.88 Å². The standard InChI is InChI=1S/C12H7ClN4O3S/c13-5-2-1-3-6(4-5)17-11(19)7(10(14)18)9-8(12(17)20)15-16-21-9/h1-4,19H,(H2,14,18). The molecule has 0 aliphatic rings. The van der Waals surface area contributed by atoms with Crippen LogP contribution in [0, 0.1) is 0 Å². The molecular formula is C12H7ClN4O3S. The number of aromatic nitrogens is 3. The molecule has 9 heteroatoms. The first kappa shape index (κ1) is 13.5. The minimum Gasteiger partial charge on any atom is -0.494 e. The lowest BCUT2D eigenvalue weighted by molar-refractivity contribution is 0.0998. The molecule has 0 aliphatic carbocycles. The van der Waals surface area contributed by atoms with Crippen molar-refractivity contribution in [2.75, 3.05) is 0 Å². The van der Waals surface area contributed by atoms with Gasteiger partial charge in [0, 0.05) is 5.02 Å². The maximum atomic E-state index is 12.4. The van der Waals surface area contributed by atoms with Crippen molar-refractivity contribution in [2.24, 2.45) is 5.73 Å². The molecule has 7 nitrogen and oxygen atoms in total. The molecule has 0 aliphatic heterocycles. The Morgan fingerprint density at radius 3 is 2.86 bits per heavy atom. The van der Waals surface area contributed by atoms with E-state index in [0.29, 0.717) is 10.7 Å². The van der Waals surface area contributed by atoms with E-state index in [1.54, 1.807) is 18.2 Å². The van der Waals surface area contributed by atoms with Gasteiger partial charge >= 0.3 is 0 Å². The van der Waals surface area contributed by atoms with Crippen molar-refractivity contribution < 1.29 is 9.90 Å². The van der Waals surface area contributed by atoms with E-state index in [9.17, 15) is 14.7 Å². The van der Waals surface area contributed by atoms with Crippen molar-refractivity contribution in [2.45, 2.75) is 0 Å². The predicted octanol–water partition coefficient (Wildman–Crippen LogP) is 1.30. The van der Waals surface area contributed by atoms with Crippen molar-refractivity contribution in [3.63, 3.8) is 0 Å². The number of carbonyl (C=O) groups is 1. The van der Waals surface area contributed by atoms with Crippen molar-refractivity contribution in [1.82, 2.24) is 14.2 Å². The fraction of sp³-hybridized carbons (Fsp3) is 0. The molecule has 3 aromatic rings. The number of carbonyl (C=O) groups excluding carboxylic acids is 1. The van der Waals surface area contributed by atoms with Gasteiger partial charge in [-0.3, -0.25) is 9.59 Å². The van der Waals surface area contributed by atoms with E-state index in [1.165, 1.54) is 6.07 Å². The number of aromatic hydroxyl groups is 1. The lowest BCUT2D eigenvalue weighted by atomic mass is 10.2. The smallest absolute Gasteiger partial charge is 0.287 e. The number of primary amides is 1. The minimum atomic E-state index is -0.876. The number of hydrogen-bond acceptors (Lipinski definition) is 6. The van der Waals surface area contributed by atoms with Gasteiger partial charge < -0.3 is 10.8 Å². The third-order valence-electron chi connectivity index (χ3n) is 2.87. The molecule has 0 spiro atoms. The summed E-state index contributed by atoms with van der Waals surface area (Å²) in [5, 5.41) is 14.3. The van der Waals surface area contributed by atoms with E-state index in [1.807, 2.05) is 0 Å². The molecule has 0 bridgehead atoms. The Morgan fingerprint density at radius 2 is 2.19 bits per heavy atom. The highest BCUT2D eigenvalue weighted by Gasteiger charge is 2.23. The highest BCUT2D eigenvalue weighted by atomic mass is 35.5.